The summed E-state index contributed by atoms with van der Waals surface area (Å²) >= 11 is 11.6. The van der Waals surface area contributed by atoms with Crippen LogP contribution < -0.4 is 27.8 Å². The summed E-state index contributed by atoms with van der Waals surface area (Å²) in [5.74, 6) is -3.68. The Morgan fingerprint density at radius 3 is 1.48 bits per heavy atom. The van der Waals surface area contributed by atoms with Crippen LogP contribution in [0.3, 0.4) is 0 Å². The molecule has 10 rings (SSSR count). The number of amides is 6. The minimum Gasteiger partial charge on any atom is -0.481 e. The van der Waals surface area contributed by atoms with Gasteiger partial charge in [0.25, 0.3) is 11.8 Å². The summed E-state index contributed by atoms with van der Waals surface area (Å²) in [5.41, 5.74) is 19.6. The number of carbonyl (C=O) groups excluding carboxylic acids is 7. The van der Waals surface area contributed by atoms with Crippen LogP contribution in [0.1, 0.15) is 102 Å². The third kappa shape index (κ3) is 15.6. The number of primary amides is 2. The Kier molecular flexibility index (Phi) is 18.3. The molecule has 4 fully saturated rings. The Balaban J connectivity index is 0.000000187. The van der Waals surface area contributed by atoms with Crippen LogP contribution in [0.2, 0.25) is 10.0 Å². The molecule has 4 aliphatic carbocycles. The van der Waals surface area contributed by atoms with Crippen molar-refractivity contribution in [3.8, 4) is 0 Å². The topological polar surface area (TPSA) is 301 Å². The normalized spacial score (nSPS) is 14.5. The molecule has 0 atom stereocenters. The van der Waals surface area contributed by atoms with Gasteiger partial charge in [-0.25, -0.2) is 8.78 Å². The molecule has 416 valence electrons. The molecule has 4 saturated carbocycles. The van der Waals surface area contributed by atoms with Crippen LogP contribution in [0.15, 0.2) is 72.8 Å². The second kappa shape index (κ2) is 25.2. The van der Waals surface area contributed by atoms with E-state index in [9.17, 15) is 47.1 Å². The van der Waals surface area contributed by atoms with Crippen LogP contribution in [-0.2, 0) is 61.4 Å². The summed E-state index contributed by atoms with van der Waals surface area (Å²) in [6.45, 7) is -0.863. The lowest BCUT2D eigenvalue weighted by molar-refractivity contribution is -0.137. The number of nitrogens with zero attached hydrogens (tertiary/aromatic N) is 6. The number of hydrogen-bond donors (Lipinski definition) is 6. The first-order chi connectivity index (χ1) is 37.7. The third-order valence-corrected chi connectivity index (χ3v) is 14.2. The van der Waals surface area contributed by atoms with E-state index in [0.29, 0.717) is 52.2 Å². The summed E-state index contributed by atoms with van der Waals surface area (Å²) < 4.78 is 31.0. The number of anilines is 1. The van der Waals surface area contributed by atoms with E-state index in [0.717, 1.165) is 56.9 Å². The number of nitrogen functional groups attached to an aromatic ring is 1. The summed E-state index contributed by atoms with van der Waals surface area (Å²) in [5, 5.41) is 22.7. The minimum absolute atomic E-state index is 0.0179. The van der Waals surface area contributed by atoms with E-state index in [1.54, 1.807) is 48.5 Å². The Hall–Kier alpha value is -7.98. The molecule has 0 radical (unpaired) electrons. The van der Waals surface area contributed by atoms with Crippen molar-refractivity contribution in [1.29, 1.82) is 0 Å². The number of hydrogen-bond acceptors (Lipinski definition) is 11. The van der Waals surface area contributed by atoms with Crippen molar-refractivity contribution < 1.29 is 52.2 Å². The summed E-state index contributed by atoms with van der Waals surface area (Å²) in [6.07, 6.45) is 8.77. The first-order valence-electron chi connectivity index (χ1n) is 25.8. The average Bonchev–Trinajstić information content (AvgIpc) is 4.20. The highest BCUT2D eigenvalue weighted by molar-refractivity contribution is 6.31. The Morgan fingerprint density at radius 2 is 1.06 bits per heavy atom. The van der Waals surface area contributed by atoms with Gasteiger partial charge in [-0.2, -0.15) is 10.2 Å². The zero-order valence-corrected chi connectivity index (χ0v) is 44.4. The van der Waals surface area contributed by atoms with E-state index in [2.05, 4.69) is 20.8 Å². The van der Waals surface area contributed by atoms with Gasteiger partial charge in [0.1, 0.15) is 30.5 Å². The highest BCUT2D eigenvalue weighted by atomic mass is 35.5. The van der Waals surface area contributed by atoms with Gasteiger partial charge >= 0.3 is 5.97 Å². The van der Waals surface area contributed by atoms with Crippen molar-refractivity contribution in [3.63, 3.8) is 0 Å². The van der Waals surface area contributed by atoms with E-state index >= 15 is 0 Å². The number of nitrogens with one attached hydrogen (secondary N) is 2. The molecule has 0 bridgehead atoms. The first kappa shape index (κ1) is 57.2. The molecule has 6 aromatic rings. The molecule has 0 saturated heterocycles. The van der Waals surface area contributed by atoms with Crippen molar-refractivity contribution in [2.45, 2.75) is 109 Å². The number of carbonyl (C=O) groups is 8. The molecular weight excluding hydrogens is 1070 g/mol. The molecule has 9 N–H and O–H groups in total. The third-order valence-electron chi connectivity index (χ3n) is 13.7. The number of aliphatic carboxylic acids is 1. The maximum absolute atomic E-state index is 14.1. The summed E-state index contributed by atoms with van der Waals surface area (Å²) in [4.78, 5) is 101. The zero-order chi connectivity index (χ0) is 56.7. The zero-order valence-electron chi connectivity index (χ0n) is 42.9. The van der Waals surface area contributed by atoms with E-state index in [-0.39, 0.29) is 108 Å². The van der Waals surface area contributed by atoms with Crippen molar-refractivity contribution in [2.75, 3.05) is 18.8 Å². The lowest BCUT2D eigenvalue weighted by Gasteiger charge is -2.22. The van der Waals surface area contributed by atoms with E-state index in [1.165, 1.54) is 43.4 Å². The van der Waals surface area contributed by atoms with Gasteiger partial charge in [-0.15, -0.1) is 0 Å². The molecule has 4 aromatic carbocycles. The van der Waals surface area contributed by atoms with Gasteiger partial charge < -0.3 is 42.7 Å². The molecule has 24 heteroatoms. The molecule has 0 aliphatic heterocycles. The molecule has 6 amide bonds. The Morgan fingerprint density at radius 1 is 0.620 bits per heavy atom. The number of ketones is 1. The summed E-state index contributed by atoms with van der Waals surface area (Å²) in [6, 6.07) is 19.1. The smallest absolute Gasteiger partial charge is 0.303 e. The highest BCUT2D eigenvalue weighted by Crippen LogP contribution is 2.34. The van der Waals surface area contributed by atoms with Crippen molar-refractivity contribution in [2.24, 2.45) is 23.3 Å². The van der Waals surface area contributed by atoms with Crippen molar-refractivity contribution in [3.05, 3.63) is 123 Å². The van der Waals surface area contributed by atoms with Crippen LogP contribution in [0.4, 0.5) is 14.5 Å². The quantitative estimate of drug-likeness (QED) is 0.0438. The number of fused-ring (bicyclic) bond motifs is 2. The number of halogens is 4. The molecular formula is C55H59Cl2F2N11O9. The number of rotatable bonds is 22. The largest absolute Gasteiger partial charge is 0.481 e. The fraction of sp³-hybridized carbons (Fsp3) is 0.382. The van der Waals surface area contributed by atoms with Crippen LogP contribution >= 0.6 is 23.2 Å². The number of carboxylic acid groups (broad SMARTS) is 1. The predicted molar refractivity (Wildman–Crippen MR) is 288 cm³/mol. The minimum atomic E-state index is -0.737. The van der Waals surface area contributed by atoms with Gasteiger partial charge in [0, 0.05) is 72.0 Å². The van der Waals surface area contributed by atoms with Crippen molar-refractivity contribution in [1.82, 2.24) is 40.0 Å². The lowest BCUT2D eigenvalue weighted by atomic mass is 10.0. The maximum Gasteiger partial charge on any atom is 0.303 e. The number of benzene rings is 4. The number of aromatic nitrogens is 4. The van der Waals surface area contributed by atoms with Gasteiger partial charge in [0.15, 0.2) is 11.4 Å². The number of carboxylic acids is 1. The van der Waals surface area contributed by atoms with Crippen LogP contribution in [0, 0.1) is 23.5 Å². The van der Waals surface area contributed by atoms with Gasteiger partial charge in [0.2, 0.25) is 23.6 Å². The fourth-order valence-electron chi connectivity index (χ4n) is 8.88. The van der Waals surface area contributed by atoms with Gasteiger partial charge in [0.05, 0.1) is 34.2 Å². The first-order valence-corrected chi connectivity index (χ1v) is 26.5. The highest BCUT2D eigenvalue weighted by Gasteiger charge is 2.36. The molecule has 2 aromatic heterocycles. The predicted octanol–water partition coefficient (Wildman–Crippen LogP) is 5.84. The van der Waals surface area contributed by atoms with Gasteiger partial charge in [-0.1, -0.05) is 53.5 Å². The fourth-order valence-corrected chi connectivity index (χ4v) is 9.27. The van der Waals surface area contributed by atoms with Crippen LogP contribution in [0.25, 0.3) is 21.8 Å². The number of Topliss-reactive ketones (excluding diaryl/α,β-unsaturated/α-hetero) is 1. The van der Waals surface area contributed by atoms with Crippen LogP contribution in [0.5, 0.6) is 0 Å². The molecule has 0 unspecified atom stereocenters. The lowest BCUT2D eigenvalue weighted by Crippen LogP contribution is -2.43. The molecule has 2 heterocycles. The Bertz CT molecular complexity index is 3350. The maximum atomic E-state index is 14.1. The molecule has 79 heavy (non-hydrogen) atoms. The second-order valence-electron chi connectivity index (χ2n) is 20.3. The standard InChI is InChI=1S/C28H29ClFN5O4.C22H22ClFN6O3.C5H8O2/c29-22-3-1-2-18(26(22)30)13-32-24(37)14-34(19-7-8-19)25(38)15-35-23-9-6-17(11-20(36)10-16-4-5-16)12-21(23)27(33-35)28(31)39;23-16-3-1-2-12(20(16)24)9-27-18(31)10-29(14-5-6-14)19(32)11-30-17-7-4-13(25)8-15(17)21(28-30)22(26)33;6-5(7)3-4-1-2-4/h1-3,6,9,12,16,19H,4-5,7-8,10-11,13-15H2,(H2,31,39)(H,32,37);1-4,7-8,14H,5-6,9-11,25H2,(H2,26,33)(H,27,31);4H,1-3H2,(H,6,7). The van der Waals surface area contributed by atoms with E-state index in [4.69, 9.17) is 45.5 Å². The Labute approximate surface area is 461 Å². The molecule has 4 aliphatic rings. The summed E-state index contributed by atoms with van der Waals surface area (Å²) in [7, 11) is 0. The van der Waals surface area contributed by atoms with Gasteiger partial charge in [-0.05, 0) is 111 Å². The van der Waals surface area contributed by atoms with Crippen LogP contribution in [-0.4, -0.2) is 107 Å². The monoisotopic (exact) mass is 1130 g/mol. The molecule has 20 nitrogen and oxygen atoms in total. The van der Waals surface area contributed by atoms with E-state index < -0.39 is 41.2 Å². The van der Waals surface area contributed by atoms with E-state index in [1.807, 2.05) is 0 Å². The SMILES string of the molecule is NC(=O)c1nn(CC(=O)N(CC(=O)NCc2cccc(Cl)c2F)C2CC2)c2ccc(CC(=O)CC3CC3)cc12.NC(=O)c1nn(CC(=O)N(CC(=O)NCc2cccc(Cl)c2F)C2CC2)c2ccc(N)cc12.O=C(O)CC1CC1. The average molecular weight is 1130 g/mol. The number of nitrogens with two attached hydrogens (primary N) is 3. The second-order valence-corrected chi connectivity index (χ2v) is 21.1. The van der Waals surface area contributed by atoms with Gasteiger partial charge in [-0.3, -0.25) is 47.7 Å². The van der Waals surface area contributed by atoms with Crippen molar-refractivity contribution >= 4 is 97.9 Å². The molecule has 0 spiro atoms.